The fourth-order valence-corrected chi connectivity index (χ4v) is 2.15. The van der Waals surface area contributed by atoms with E-state index in [4.69, 9.17) is 0 Å². The van der Waals surface area contributed by atoms with Gasteiger partial charge in [-0.15, -0.1) is 0 Å². The van der Waals surface area contributed by atoms with Crippen molar-refractivity contribution in [2.75, 3.05) is 6.54 Å². The van der Waals surface area contributed by atoms with Gasteiger partial charge in [-0.1, -0.05) is 35.0 Å². The highest BCUT2D eigenvalue weighted by Gasteiger charge is 2.01. The van der Waals surface area contributed by atoms with Crippen LogP contribution in [0.15, 0.2) is 41.0 Å². The molecule has 2 aromatic rings. The molecule has 0 aliphatic heterocycles. The third-order valence-electron chi connectivity index (χ3n) is 2.57. The van der Waals surface area contributed by atoms with Crippen molar-refractivity contribution in [3.63, 3.8) is 0 Å². The van der Waals surface area contributed by atoms with Crippen molar-refractivity contribution >= 4 is 15.9 Å². The zero-order valence-corrected chi connectivity index (χ0v) is 11.9. The Morgan fingerprint density at radius 1 is 1.28 bits per heavy atom. The first kappa shape index (κ1) is 13.2. The number of hydrogen-bond acceptors (Lipinski definition) is 3. The Hall–Kier alpha value is -1.26. The SMILES string of the molecule is CCNCc1ccnc(Cc2cccc(Br)c2)n1. The third-order valence-corrected chi connectivity index (χ3v) is 3.06. The smallest absolute Gasteiger partial charge is 0.132 e. The lowest BCUT2D eigenvalue weighted by Gasteiger charge is -2.04. The van der Waals surface area contributed by atoms with E-state index in [-0.39, 0.29) is 0 Å². The van der Waals surface area contributed by atoms with Gasteiger partial charge in [0.15, 0.2) is 0 Å². The molecule has 18 heavy (non-hydrogen) atoms. The zero-order valence-electron chi connectivity index (χ0n) is 10.4. The molecule has 1 heterocycles. The van der Waals surface area contributed by atoms with Crippen LogP contribution in [0.2, 0.25) is 0 Å². The summed E-state index contributed by atoms with van der Waals surface area (Å²) in [4.78, 5) is 8.86. The van der Waals surface area contributed by atoms with Crippen molar-refractivity contribution in [2.45, 2.75) is 19.9 Å². The first-order valence-corrected chi connectivity index (χ1v) is 6.83. The molecule has 1 aromatic heterocycles. The van der Waals surface area contributed by atoms with Crippen LogP contribution >= 0.6 is 15.9 Å². The van der Waals surface area contributed by atoms with Crippen molar-refractivity contribution in [2.24, 2.45) is 0 Å². The quantitative estimate of drug-likeness (QED) is 0.923. The molecule has 0 radical (unpaired) electrons. The van der Waals surface area contributed by atoms with E-state index in [1.165, 1.54) is 5.56 Å². The highest BCUT2D eigenvalue weighted by atomic mass is 79.9. The maximum absolute atomic E-state index is 4.55. The molecule has 0 aliphatic rings. The standard InChI is InChI=1S/C14H16BrN3/c1-2-16-10-13-6-7-17-14(18-13)9-11-4-3-5-12(15)8-11/h3-8,16H,2,9-10H2,1H3. The molecule has 1 aromatic carbocycles. The van der Waals surface area contributed by atoms with Crippen LogP contribution in [0.4, 0.5) is 0 Å². The van der Waals surface area contributed by atoms with Gasteiger partial charge in [0.2, 0.25) is 0 Å². The van der Waals surface area contributed by atoms with Gasteiger partial charge >= 0.3 is 0 Å². The number of hydrogen-bond donors (Lipinski definition) is 1. The second-order valence-corrected chi connectivity index (χ2v) is 4.97. The molecule has 94 valence electrons. The monoisotopic (exact) mass is 305 g/mol. The predicted octanol–water partition coefficient (Wildman–Crippen LogP) is 2.94. The molecule has 0 atom stereocenters. The van der Waals surface area contributed by atoms with E-state index in [0.29, 0.717) is 0 Å². The average molecular weight is 306 g/mol. The Labute approximate surface area is 116 Å². The van der Waals surface area contributed by atoms with Crippen LogP contribution in [0, 0.1) is 0 Å². The maximum atomic E-state index is 4.55. The first-order valence-electron chi connectivity index (χ1n) is 6.04. The maximum Gasteiger partial charge on any atom is 0.132 e. The van der Waals surface area contributed by atoms with E-state index < -0.39 is 0 Å². The van der Waals surface area contributed by atoms with E-state index in [1.807, 2.05) is 24.4 Å². The van der Waals surface area contributed by atoms with E-state index in [2.05, 4.69) is 50.3 Å². The largest absolute Gasteiger partial charge is 0.311 e. The van der Waals surface area contributed by atoms with Gasteiger partial charge in [-0.3, -0.25) is 0 Å². The van der Waals surface area contributed by atoms with E-state index >= 15 is 0 Å². The Morgan fingerprint density at radius 2 is 2.17 bits per heavy atom. The summed E-state index contributed by atoms with van der Waals surface area (Å²) in [5.74, 6) is 0.864. The van der Waals surface area contributed by atoms with Crippen LogP contribution in [-0.2, 0) is 13.0 Å². The molecule has 2 rings (SSSR count). The Bertz CT molecular complexity index is 514. The first-order chi connectivity index (χ1) is 8.78. The number of nitrogens with zero attached hydrogens (tertiary/aromatic N) is 2. The van der Waals surface area contributed by atoms with Crippen LogP contribution in [0.5, 0.6) is 0 Å². The summed E-state index contributed by atoms with van der Waals surface area (Å²) in [5, 5.41) is 3.27. The topological polar surface area (TPSA) is 37.8 Å². The number of aromatic nitrogens is 2. The summed E-state index contributed by atoms with van der Waals surface area (Å²) in [7, 11) is 0. The van der Waals surface area contributed by atoms with Gasteiger partial charge in [0.05, 0.1) is 5.69 Å². The summed E-state index contributed by atoms with van der Waals surface area (Å²) in [6.45, 7) is 3.83. The predicted molar refractivity (Wildman–Crippen MR) is 76.4 cm³/mol. The molecule has 0 saturated carbocycles. The lowest BCUT2D eigenvalue weighted by Crippen LogP contribution is -2.13. The van der Waals surface area contributed by atoms with E-state index in [1.54, 1.807) is 0 Å². The summed E-state index contributed by atoms with van der Waals surface area (Å²) in [6, 6.07) is 10.2. The van der Waals surface area contributed by atoms with Gasteiger partial charge in [0.25, 0.3) is 0 Å². The zero-order chi connectivity index (χ0) is 12.8. The summed E-state index contributed by atoms with van der Waals surface area (Å²) < 4.78 is 1.09. The second kappa shape index (κ2) is 6.61. The van der Waals surface area contributed by atoms with Gasteiger partial charge in [-0.05, 0) is 30.3 Å². The summed E-state index contributed by atoms with van der Waals surface area (Å²) >= 11 is 3.47. The molecule has 0 bridgehead atoms. The number of rotatable bonds is 5. The van der Waals surface area contributed by atoms with Crippen molar-refractivity contribution in [1.82, 2.24) is 15.3 Å². The van der Waals surface area contributed by atoms with Crippen molar-refractivity contribution in [3.05, 3.63) is 58.1 Å². The summed E-state index contributed by atoms with van der Waals surface area (Å²) in [6.07, 6.45) is 2.59. The minimum atomic E-state index is 0.763. The molecule has 4 heteroatoms. The fourth-order valence-electron chi connectivity index (χ4n) is 1.71. The normalized spacial score (nSPS) is 10.6. The van der Waals surface area contributed by atoms with Crippen molar-refractivity contribution < 1.29 is 0 Å². The molecule has 0 fully saturated rings. The molecule has 0 spiro atoms. The Balaban J connectivity index is 2.09. The van der Waals surface area contributed by atoms with Gasteiger partial charge < -0.3 is 5.32 Å². The van der Waals surface area contributed by atoms with E-state index in [9.17, 15) is 0 Å². The van der Waals surface area contributed by atoms with Crippen molar-refractivity contribution in [1.29, 1.82) is 0 Å². The molecule has 1 N–H and O–H groups in total. The molecular weight excluding hydrogens is 290 g/mol. The Morgan fingerprint density at radius 3 is 2.94 bits per heavy atom. The minimum absolute atomic E-state index is 0.763. The fraction of sp³-hybridized carbons (Fsp3) is 0.286. The third kappa shape index (κ3) is 3.89. The highest BCUT2D eigenvalue weighted by molar-refractivity contribution is 9.10. The number of benzene rings is 1. The van der Waals surface area contributed by atoms with Gasteiger partial charge in [0, 0.05) is 23.6 Å². The van der Waals surface area contributed by atoms with Crippen LogP contribution in [0.25, 0.3) is 0 Å². The van der Waals surface area contributed by atoms with Crippen LogP contribution in [0.1, 0.15) is 24.0 Å². The second-order valence-electron chi connectivity index (χ2n) is 4.05. The number of nitrogens with one attached hydrogen (secondary N) is 1. The van der Waals surface area contributed by atoms with Gasteiger partial charge in [-0.25, -0.2) is 9.97 Å². The molecule has 3 nitrogen and oxygen atoms in total. The molecule has 0 amide bonds. The Kier molecular flexibility index (Phi) is 4.84. The molecular formula is C14H16BrN3. The number of halogens is 1. The highest BCUT2D eigenvalue weighted by Crippen LogP contribution is 2.13. The summed E-state index contributed by atoms with van der Waals surface area (Å²) in [5.41, 5.74) is 2.25. The minimum Gasteiger partial charge on any atom is -0.311 e. The lowest BCUT2D eigenvalue weighted by atomic mass is 10.1. The molecule has 0 saturated heterocycles. The average Bonchev–Trinajstić information content (AvgIpc) is 2.37. The van der Waals surface area contributed by atoms with Crippen molar-refractivity contribution in [3.8, 4) is 0 Å². The van der Waals surface area contributed by atoms with Gasteiger partial charge in [-0.2, -0.15) is 0 Å². The lowest BCUT2D eigenvalue weighted by molar-refractivity contribution is 0.702. The van der Waals surface area contributed by atoms with Crippen LogP contribution in [0.3, 0.4) is 0 Å². The van der Waals surface area contributed by atoms with Gasteiger partial charge in [0.1, 0.15) is 5.82 Å². The van der Waals surface area contributed by atoms with Crippen LogP contribution < -0.4 is 5.32 Å². The molecule has 0 aliphatic carbocycles. The van der Waals surface area contributed by atoms with Crippen LogP contribution in [-0.4, -0.2) is 16.5 Å². The van der Waals surface area contributed by atoms with E-state index in [0.717, 1.165) is 35.5 Å². The molecule has 0 unspecified atom stereocenters.